The number of aliphatic hydroxyl groups excluding tert-OH is 1. The lowest BCUT2D eigenvalue weighted by Crippen LogP contribution is -2.41. The van der Waals surface area contributed by atoms with E-state index in [0.29, 0.717) is 13.2 Å². The second-order valence-corrected chi connectivity index (χ2v) is 2.67. The van der Waals surface area contributed by atoms with Crippen molar-refractivity contribution in [2.24, 2.45) is 0 Å². The Morgan fingerprint density at radius 3 is 3.00 bits per heavy atom. The molecule has 1 heterocycles. The molecule has 0 amide bonds. The third-order valence-corrected chi connectivity index (χ3v) is 1.79. The zero-order valence-electron chi connectivity index (χ0n) is 6.95. The molecule has 2 unspecified atom stereocenters. The molecule has 2 N–H and O–H groups in total. The number of rotatable bonds is 3. The number of carbonyl (C=O) groups is 1. The van der Waals surface area contributed by atoms with E-state index in [9.17, 15) is 9.90 Å². The fourth-order valence-corrected chi connectivity index (χ4v) is 1.02. The first-order valence-corrected chi connectivity index (χ1v) is 3.80. The number of methoxy groups -OCH3 is 1. The van der Waals surface area contributed by atoms with E-state index in [1.807, 2.05) is 0 Å². The Bertz CT molecular complexity index is 161. The highest BCUT2D eigenvalue weighted by atomic mass is 16.5. The minimum Gasteiger partial charge on any atom is -0.468 e. The van der Waals surface area contributed by atoms with Crippen LogP contribution >= 0.6 is 0 Å². The summed E-state index contributed by atoms with van der Waals surface area (Å²) < 4.78 is 9.39. The summed E-state index contributed by atoms with van der Waals surface area (Å²) in [7, 11) is 1.32. The highest BCUT2D eigenvalue weighted by Gasteiger charge is 2.25. The molecule has 0 aromatic carbocycles. The van der Waals surface area contributed by atoms with Gasteiger partial charge in [-0.05, 0) is 0 Å². The van der Waals surface area contributed by atoms with Gasteiger partial charge in [0.1, 0.15) is 0 Å². The van der Waals surface area contributed by atoms with Crippen LogP contribution in [0.1, 0.15) is 0 Å². The second kappa shape index (κ2) is 4.39. The summed E-state index contributed by atoms with van der Waals surface area (Å²) in [5, 5.41) is 12.1. The Kier molecular flexibility index (Phi) is 3.46. The van der Waals surface area contributed by atoms with Crippen LogP contribution in [-0.4, -0.2) is 50.1 Å². The zero-order valence-corrected chi connectivity index (χ0v) is 6.95. The van der Waals surface area contributed by atoms with Gasteiger partial charge < -0.3 is 14.6 Å². The first-order valence-electron chi connectivity index (χ1n) is 3.80. The van der Waals surface area contributed by atoms with Gasteiger partial charge in [-0.2, -0.15) is 0 Å². The van der Waals surface area contributed by atoms with Crippen LogP contribution in [0.25, 0.3) is 0 Å². The minimum atomic E-state index is -0.519. The maximum atomic E-state index is 10.7. The molecule has 12 heavy (non-hydrogen) atoms. The SMILES string of the molecule is COC(=O)CNC1COCC1O. The Balaban J connectivity index is 2.18. The number of esters is 1. The van der Waals surface area contributed by atoms with Crippen LogP contribution in [0.5, 0.6) is 0 Å². The molecular formula is C7H13NO4. The van der Waals surface area contributed by atoms with Crippen molar-refractivity contribution in [3.63, 3.8) is 0 Å². The first kappa shape index (κ1) is 9.44. The Morgan fingerprint density at radius 2 is 2.50 bits per heavy atom. The Morgan fingerprint density at radius 1 is 1.75 bits per heavy atom. The summed E-state index contributed by atoms with van der Waals surface area (Å²) in [6.07, 6.45) is -0.519. The van der Waals surface area contributed by atoms with Gasteiger partial charge in [-0.15, -0.1) is 0 Å². The zero-order chi connectivity index (χ0) is 8.97. The Hall–Kier alpha value is -0.650. The van der Waals surface area contributed by atoms with Gasteiger partial charge in [-0.25, -0.2) is 0 Å². The van der Waals surface area contributed by atoms with E-state index < -0.39 is 6.10 Å². The van der Waals surface area contributed by atoms with E-state index in [-0.39, 0.29) is 18.6 Å². The van der Waals surface area contributed by atoms with Crippen LogP contribution in [-0.2, 0) is 14.3 Å². The van der Waals surface area contributed by atoms with Crippen LogP contribution in [0.2, 0.25) is 0 Å². The van der Waals surface area contributed by atoms with Crippen molar-refractivity contribution in [3.8, 4) is 0 Å². The molecule has 70 valence electrons. The molecular weight excluding hydrogens is 162 g/mol. The molecule has 1 aliphatic heterocycles. The lowest BCUT2D eigenvalue weighted by Gasteiger charge is -2.12. The molecule has 1 fully saturated rings. The molecule has 0 spiro atoms. The van der Waals surface area contributed by atoms with Crippen LogP contribution in [0.4, 0.5) is 0 Å². The van der Waals surface area contributed by atoms with Crippen molar-refractivity contribution in [1.82, 2.24) is 5.32 Å². The van der Waals surface area contributed by atoms with E-state index in [4.69, 9.17) is 4.74 Å². The van der Waals surface area contributed by atoms with Crippen LogP contribution in [0.3, 0.4) is 0 Å². The van der Waals surface area contributed by atoms with E-state index >= 15 is 0 Å². The molecule has 0 aliphatic carbocycles. The number of hydrogen-bond donors (Lipinski definition) is 2. The maximum Gasteiger partial charge on any atom is 0.319 e. The number of hydrogen-bond acceptors (Lipinski definition) is 5. The molecule has 0 saturated carbocycles. The highest BCUT2D eigenvalue weighted by molar-refractivity contribution is 5.71. The van der Waals surface area contributed by atoms with Crippen molar-refractivity contribution in [1.29, 1.82) is 0 Å². The lowest BCUT2D eigenvalue weighted by atomic mass is 10.2. The summed E-state index contributed by atoms with van der Waals surface area (Å²) in [6.45, 7) is 0.887. The van der Waals surface area contributed by atoms with E-state index in [0.717, 1.165) is 0 Å². The number of aliphatic hydroxyl groups is 1. The maximum absolute atomic E-state index is 10.7. The standard InChI is InChI=1S/C7H13NO4/c1-11-7(10)2-8-5-3-12-4-6(5)9/h5-6,8-9H,2-4H2,1H3. The second-order valence-electron chi connectivity index (χ2n) is 2.67. The summed E-state index contributed by atoms with van der Waals surface area (Å²) in [6, 6.07) is -0.149. The quantitative estimate of drug-likeness (QED) is 0.511. The summed E-state index contributed by atoms with van der Waals surface area (Å²) >= 11 is 0. The lowest BCUT2D eigenvalue weighted by molar-refractivity contribution is -0.139. The van der Waals surface area contributed by atoms with Crippen molar-refractivity contribution in [3.05, 3.63) is 0 Å². The number of nitrogens with one attached hydrogen (secondary N) is 1. The van der Waals surface area contributed by atoms with Gasteiger partial charge in [0.2, 0.25) is 0 Å². The van der Waals surface area contributed by atoms with Crippen molar-refractivity contribution in [2.45, 2.75) is 12.1 Å². The molecule has 1 aliphatic rings. The molecule has 0 bridgehead atoms. The van der Waals surface area contributed by atoms with E-state index in [1.165, 1.54) is 7.11 Å². The van der Waals surface area contributed by atoms with Crippen molar-refractivity contribution < 1.29 is 19.4 Å². The normalized spacial score (nSPS) is 28.8. The Labute approximate surface area is 70.7 Å². The summed E-state index contributed by atoms with van der Waals surface area (Å²) in [5.41, 5.74) is 0. The topological polar surface area (TPSA) is 67.8 Å². The van der Waals surface area contributed by atoms with Crippen LogP contribution in [0.15, 0.2) is 0 Å². The van der Waals surface area contributed by atoms with Gasteiger partial charge in [0, 0.05) is 0 Å². The van der Waals surface area contributed by atoms with Crippen LogP contribution < -0.4 is 5.32 Å². The number of ether oxygens (including phenoxy) is 2. The fraction of sp³-hybridized carbons (Fsp3) is 0.857. The predicted octanol–water partition coefficient (Wildman–Crippen LogP) is -1.49. The highest BCUT2D eigenvalue weighted by Crippen LogP contribution is 2.04. The van der Waals surface area contributed by atoms with Gasteiger partial charge in [0.25, 0.3) is 0 Å². The minimum absolute atomic E-state index is 0.113. The first-order chi connectivity index (χ1) is 5.74. The molecule has 5 heteroatoms. The smallest absolute Gasteiger partial charge is 0.319 e. The molecule has 5 nitrogen and oxygen atoms in total. The van der Waals surface area contributed by atoms with Gasteiger partial charge in [-0.1, -0.05) is 0 Å². The van der Waals surface area contributed by atoms with Crippen molar-refractivity contribution in [2.75, 3.05) is 26.9 Å². The van der Waals surface area contributed by atoms with Gasteiger partial charge in [-0.3, -0.25) is 10.1 Å². The molecule has 0 aromatic rings. The molecule has 0 radical (unpaired) electrons. The van der Waals surface area contributed by atoms with Gasteiger partial charge >= 0.3 is 5.97 Å². The average Bonchev–Trinajstić information content (AvgIpc) is 2.47. The van der Waals surface area contributed by atoms with E-state index in [2.05, 4.69) is 10.1 Å². The molecule has 1 saturated heterocycles. The summed E-state index contributed by atoms with van der Waals surface area (Å²) in [5.74, 6) is -0.339. The van der Waals surface area contributed by atoms with Gasteiger partial charge in [0.05, 0.1) is 39.0 Å². The fourth-order valence-electron chi connectivity index (χ4n) is 1.02. The molecule has 2 atom stereocenters. The predicted molar refractivity (Wildman–Crippen MR) is 40.6 cm³/mol. The number of carbonyl (C=O) groups excluding carboxylic acids is 1. The van der Waals surface area contributed by atoms with Crippen LogP contribution in [0, 0.1) is 0 Å². The average molecular weight is 175 g/mol. The molecule has 0 aromatic heterocycles. The van der Waals surface area contributed by atoms with Gasteiger partial charge in [0.15, 0.2) is 0 Å². The largest absolute Gasteiger partial charge is 0.468 e. The monoisotopic (exact) mass is 175 g/mol. The third kappa shape index (κ3) is 2.44. The summed E-state index contributed by atoms with van der Waals surface area (Å²) in [4.78, 5) is 10.7. The molecule has 1 rings (SSSR count). The third-order valence-electron chi connectivity index (χ3n) is 1.79. The van der Waals surface area contributed by atoms with E-state index in [1.54, 1.807) is 0 Å². The van der Waals surface area contributed by atoms with Crippen molar-refractivity contribution >= 4 is 5.97 Å².